The van der Waals surface area contributed by atoms with Gasteiger partial charge in [-0.05, 0) is 84.9 Å². The van der Waals surface area contributed by atoms with Gasteiger partial charge in [0, 0.05) is 30.8 Å². The average molecular weight is 434 g/mol. The first-order valence-electron chi connectivity index (χ1n) is 11.6. The molecule has 32 heavy (non-hydrogen) atoms. The van der Waals surface area contributed by atoms with Crippen LogP contribution in [0.1, 0.15) is 72.0 Å². The average Bonchev–Trinajstić information content (AvgIpc) is 3.31. The summed E-state index contributed by atoms with van der Waals surface area (Å²) in [6.45, 7) is 4.14. The van der Waals surface area contributed by atoms with Crippen molar-refractivity contribution in [2.24, 2.45) is 11.0 Å². The van der Waals surface area contributed by atoms with E-state index in [0.29, 0.717) is 5.56 Å². The van der Waals surface area contributed by atoms with Gasteiger partial charge in [0.25, 0.3) is 5.91 Å². The number of benzene rings is 2. The summed E-state index contributed by atoms with van der Waals surface area (Å²) < 4.78 is 0. The fourth-order valence-corrected chi connectivity index (χ4v) is 4.97. The molecule has 6 heteroatoms. The van der Waals surface area contributed by atoms with Crippen molar-refractivity contribution in [1.82, 2.24) is 5.01 Å². The van der Waals surface area contributed by atoms with Crippen LogP contribution in [0.5, 0.6) is 0 Å². The molecule has 1 aliphatic carbocycles. The molecule has 0 aromatic heterocycles. The third-order valence-corrected chi connectivity index (χ3v) is 6.66. The molecule has 2 atom stereocenters. The molecule has 2 aliphatic rings. The third kappa shape index (κ3) is 5.18. The van der Waals surface area contributed by atoms with Crippen molar-refractivity contribution in [3.05, 3.63) is 64.7 Å². The Bertz CT molecular complexity index is 994. The number of aliphatic carboxylic acids is 1. The van der Waals surface area contributed by atoms with E-state index in [1.165, 1.54) is 24.0 Å². The lowest BCUT2D eigenvalue weighted by Crippen LogP contribution is -2.23. The van der Waals surface area contributed by atoms with Gasteiger partial charge in [-0.1, -0.05) is 25.1 Å². The quantitative estimate of drug-likeness (QED) is 0.609. The number of amides is 1. The molecular formula is C26H31N3O3. The Balaban J connectivity index is 1.41. The fourth-order valence-electron chi connectivity index (χ4n) is 4.97. The van der Waals surface area contributed by atoms with Gasteiger partial charge in [-0.2, -0.15) is 5.10 Å². The molecule has 168 valence electrons. The van der Waals surface area contributed by atoms with Gasteiger partial charge in [0.15, 0.2) is 0 Å². The highest BCUT2D eigenvalue weighted by atomic mass is 16.4. The van der Waals surface area contributed by atoms with Crippen LogP contribution < -0.4 is 5.32 Å². The summed E-state index contributed by atoms with van der Waals surface area (Å²) in [4.78, 5) is 23.9. The SMILES string of the molecule is CCC1c2ccc(NC(=O)c3ccc(C=NN4CCCC4)cc3)cc2CCC1CC(=O)O. The number of anilines is 1. The molecule has 0 radical (unpaired) electrons. The number of nitrogens with one attached hydrogen (secondary N) is 1. The normalized spacial score (nSPS) is 20.3. The van der Waals surface area contributed by atoms with Gasteiger partial charge in [0.2, 0.25) is 0 Å². The van der Waals surface area contributed by atoms with Gasteiger partial charge >= 0.3 is 5.97 Å². The second-order valence-corrected chi connectivity index (χ2v) is 8.81. The minimum Gasteiger partial charge on any atom is -0.481 e. The second kappa shape index (κ2) is 9.98. The van der Waals surface area contributed by atoms with Crippen molar-refractivity contribution >= 4 is 23.8 Å². The molecule has 2 aromatic rings. The van der Waals surface area contributed by atoms with Gasteiger partial charge < -0.3 is 10.4 Å². The Hall–Kier alpha value is -3.15. The highest BCUT2D eigenvalue weighted by Crippen LogP contribution is 2.41. The number of rotatable bonds is 7. The maximum absolute atomic E-state index is 12.7. The number of carboxylic acid groups (broad SMARTS) is 1. The molecule has 0 bridgehead atoms. The number of carbonyl (C=O) groups excluding carboxylic acids is 1. The van der Waals surface area contributed by atoms with Gasteiger partial charge in [0.05, 0.1) is 6.21 Å². The number of hydrazone groups is 1. The number of fused-ring (bicyclic) bond motifs is 1. The van der Waals surface area contributed by atoms with E-state index in [2.05, 4.69) is 28.4 Å². The molecule has 2 unspecified atom stereocenters. The van der Waals surface area contributed by atoms with Crippen molar-refractivity contribution in [3.8, 4) is 0 Å². The van der Waals surface area contributed by atoms with Crippen molar-refractivity contribution < 1.29 is 14.7 Å². The Labute approximate surface area is 189 Å². The Morgan fingerprint density at radius 3 is 2.59 bits per heavy atom. The maximum Gasteiger partial charge on any atom is 0.303 e. The van der Waals surface area contributed by atoms with E-state index in [9.17, 15) is 14.7 Å². The second-order valence-electron chi connectivity index (χ2n) is 8.81. The molecule has 0 spiro atoms. The maximum atomic E-state index is 12.7. The monoisotopic (exact) mass is 433 g/mol. The van der Waals surface area contributed by atoms with E-state index in [0.717, 1.165) is 43.6 Å². The zero-order valence-electron chi connectivity index (χ0n) is 18.6. The highest BCUT2D eigenvalue weighted by molar-refractivity contribution is 6.04. The predicted molar refractivity (Wildman–Crippen MR) is 126 cm³/mol. The van der Waals surface area contributed by atoms with Gasteiger partial charge in [0.1, 0.15) is 0 Å². The first kappa shape index (κ1) is 22.1. The van der Waals surface area contributed by atoms with Crippen LogP contribution in [0, 0.1) is 5.92 Å². The molecule has 0 saturated carbocycles. The minimum atomic E-state index is -0.728. The lowest BCUT2D eigenvalue weighted by atomic mass is 9.72. The van der Waals surface area contributed by atoms with Crippen molar-refractivity contribution in [2.75, 3.05) is 18.4 Å². The van der Waals surface area contributed by atoms with E-state index in [1.807, 2.05) is 42.6 Å². The Morgan fingerprint density at radius 2 is 1.91 bits per heavy atom. The molecule has 6 nitrogen and oxygen atoms in total. The van der Waals surface area contributed by atoms with Crippen LogP contribution in [0.3, 0.4) is 0 Å². The molecule has 1 amide bonds. The van der Waals surface area contributed by atoms with Gasteiger partial charge in [-0.15, -0.1) is 0 Å². The van der Waals surface area contributed by atoms with Crippen molar-refractivity contribution in [1.29, 1.82) is 0 Å². The number of carboxylic acids is 1. The smallest absolute Gasteiger partial charge is 0.303 e. The van der Waals surface area contributed by atoms with Crippen LogP contribution in [-0.4, -0.2) is 41.3 Å². The lowest BCUT2D eigenvalue weighted by molar-refractivity contribution is -0.138. The zero-order chi connectivity index (χ0) is 22.5. The van der Waals surface area contributed by atoms with E-state index in [1.54, 1.807) is 0 Å². The number of hydrogen-bond acceptors (Lipinski definition) is 4. The highest BCUT2D eigenvalue weighted by Gasteiger charge is 2.30. The number of nitrogens with zero attached hydrogens (tertiary/aromatic N) is 2. The van der Waals surface area contributed by atoms with E-state index in [-0.39, 0.29) is 24.2 Å². The molecule has 4 rings (SSSR count). The van der Waals surface area contributed by atoms with Crippen LogP contribution in [0.15, 0.2) is 47.6 Å². The summed E-state index contributed by atoms with van der Waals surface area (Å²) in [7, 11) is 0. The molecule has 2 aromatic carbocycles. The van der Waals surface area contributed by atoms with Crippen LogP contribution in [-0.2, 0) is 11.2 Å². The van der Waals surface area contributed by atoms with Crippen LogP contribution in [0.2, 0.25) is 0 Å². The number of hydrogen-bond donors (Lipinski definition) is 2. The summed E-state index contributed by atoms with van der Waals surface area (Å²) in [6.07, 6.45) is 7.09. The topological polar surface area (TPSA) is 82.0 Å². The first-order chi connectivity index (χ1) is 15.5. The fraction of sp³-hybridized carbons (Fsp3) is 0.423. The summed E-state index contributed by atoms with van der Waals surface area (Å²) in [5.74, 6) is -0.430. The molecular weight excluding hydrogens is 402 g/mol. The summed E-state index contributed by atoms with van der Waals surface area (Å²) in [5.41, 5.74) is 4.80. The van der Waals surface area contributed by atoms with E-state index < -0.39 is 5.97 Å². The van der Waals surface area contributed by atoms with Crippen LogP contribution in [0.25, 0.3) is 0 Å². The summed E-state index contributed by atoms with van der Waals surface area (Å²) in [5, 5.41) is 18.8. The molecule has 1 saturated heterocycles. The summed E-state index contributed by atoms with van der Waals surface area (Å²) in [6, 6.07) is 13.5. The summed E-state index contributed by atoms with van der Waals surface area (Å²) >= 11 is 0. The van der Waals surface area contributed by atoms with Crippen molar-refractivity contribution in [3.63, 3.8) is 0 Å². The molecule has 2 N–H and O–H groups in total. The largest absolute Gasteiger partial charge is 0.481 e. The third-order valence-electron chi connectivity index (χ3n) is 6.66. The van der Waals surface area contributed by atoms with Crippen LogP contribution >= 0.6 is 0 Å². The molecule has 1 aliphatic heterocycles. The van der Waals surface area contributed by atoms with E-state index >= 15 is 0 Å². The zero-order valence-corrected chi connectivity index (χ0v) is 18.6. The first-order valence-corrected chi connectivity index (χ1v) is 11.6. The van der Waals surface area contributed by atoms with Crippen molar-refractivity contribution in [2.45, 2.75) is 51.4 Å². The Kier molecular flexibility index (Phi) is 6.88. The number of carbonyl (C=O) groups is 2. The minimum absolute atomic E-state index is 0.139. The van der Waals surface area contributed by atoms with Gasteiger partial charge in [-0.3, -0.25) is 14.6 Å². The van der Waals surface area contributed by atoms with E-state index in [4.69, 9.17) is 0 Å². The Morgan fingerprint density at radius 1 is 1.16 bits per heavy atom. The van der Waals surface area contributed by atoms with Gasteiger partial charge in [-0.25, -0.2) is 0 Å². The lowest BCUT2D eigenvalue weighted by Gasteiger charge is -2.32. The molecule has 1 fully saturated rings. The van der Waals surface area contributed by atoms with Crippen LogP contribution in [0.4, 0.5) is 5.69 Å². The predicted octanol–water partition coefficient (Wildman–Crippen LogP) is 4.90. The molecule has 1 heterocycles. The number of aryl methyl sites for hydroxylation is 1. The standard InChI is InChI=1S/C26H31N3O3/c1-2-23-21(16-25(30)31)10-9-20-15-22(11-12-24(20)23)28-26(32)19-7-5-18(6-8-19)17-27-29-13-3-4-14-29/h5-8,11-12,15,17,21,23H,2-4,9-10,13-14,16H2,1H3,(H,28,32)(H,30,31).